The molecule has 0 aromatic carbocycles. The number of allylic oxidation sites excluding steroid dienone is 2. The molecule has 66 valence electrons. The molecule has 2 nitrogen and oxygen atoms in total. The monoisotopic (exact) mass is 166 g/mol. The molecule has 0 heterocycles. The molecule has 0 aromatic heterocycles. The fraction of sp³-hybridized carbons (Fsp3) is 0.400. The van der Waals surface area contributed by atoms with Crippen LogP contribution < -0.4 is 0 Å². The summed E-state index contributed by atoms with van der Waals surface area (Å²) in [5.41, 5.74) is 0. The number of Topliss-reactive ketones (excluding diaryl/α,β-unsaturated/α-hetero) is 1. The van der Waals surface area contributed by atoms with E-state index in [1.807, 2.05) is 0 Å². The summed E-state index contributed by atoms with van der Waals surface area (Å²) in [7, 11) is 0. The molecule has 0 bridgehead atoms. The van der Waals surface area contributed by atoms with Crippen molar-refractivity contribution in [3.63, 3.8) is 0 Å². The van der Waals surface area contributed by atoms with E-state index in [-0.39, 0.29) is 5.78 Å². The van der Waals surface area contributed by atoms with E-state index in [1.54, 1.807) is 12.2 Å². The smallest absolute Gasteiger partial charge is 0.143 e. The third kappa shape index (κ3) is 3.86. The van der Waals surface area contributed by atoms with Crippen LogP contribution in [0.5, 0.6) is 0 Å². The fourth-order valence-electron chi connectivity index (χ4n) is 0.872. The van der Waals surface area contributed by atoms with E-state index >= 15 is 0 Å². The Morgan fingerprint density at radius 2 is 2.00 bits per heavy atom. The maximum atomic E-state index is 11.2. The quantitative estimate of drug-likeness (QED) is 0.329. The third-order valence-corrected chi connectivity index (χ3v) is 1.59. The molecular weight excluding hydrogens is 152 g/mol. The van der Waals surface area contributed by atoms with Crippen LogP contribution in [0.4, 0.5) is 0 Å². The van der Waals surface area contributed by atoms with Gasteiger partial charge in [0.1, 0.15) is 12.1 Å². The Morgan fingerprint density at radius 1 is 1.33 bits per heavy atom. The van der Waals surface area contributed by atoms with Gasteiger partial charge in [-0.25, -0.2) is 0 Å². The summed E-state index contributed by atoms with van der Waals surface area (Å²) in [5.74, 6) is -0.521. The lowest BCUT2D eigenvalue weighted by atomic mass is 9.98. The van der Waals surface area contributed by atoms with E-state index in [2.05, 4.69) is 13.2 Å². The van der Waals surface area contributed by atoms with Gasteiger partial charge in [-0.2, -0.15) is 0 Å². The summed E-state index contributed by atoms with van der Waals surface area (Å²) in [6.45, 7) is 6.98. The highest BCUT2D eigenvalue weighted by atomic mass is 16.1. The standard InChI is InChI=1S/C10H14O2/c1-3-5-7-10(12)9(8-11)6-4-2/h3-4,8-9H,1-2,5-7H2. The second-order valence-corrected chi connectivity index (χ2v) is 2.56. The number of aldehydes is 1. The molecule has 0 saturated heterocycles. The second kappa shape index (κ2) is 6.53. The van der Waals surface area contributed by atoms with Crippen molar-refractivity contribution in [3.05, 3.63) is 25.3 Å². The fourth-order valence-corrected chi connectivity index (χ4v) is 0.872. The van der Waals surface area contributed by atoms with Gasteiger partial charge in [0.25, 0.3) is 0 Å². The lowest BCUT2D eigenvalue weighted by Crippen LogP contribution is -2.14. The predicted octanol–water partition coefficient (Wildman–Crippen LogP) is 1.91. The number of hydrogen-bond donors (Lipinski definition) is 0. The summed E-state index contributed by atoms with van der Waals surface area (Å²) in [4.78, 5) is 21.6. The molecule has 0 fully saturated rings. The van der Waals surface area contributed by atoms with Crippen molar-refractivity contribution < 1.29 is 9.59 Å². The lowest BCUT2D eigenvalue weighted by molar-refractivity contribution is -0.127. The van der Waals surface area contributed by atoms with E-state index in [0.29, 0.717) is 25.5 Å². The van der Waals surface area contributed by atoms with Crippen molar-refractivity contribution in [2.75, 3.05) is 0 Å². The minimum Gasteiger partial charge on any atom is -0.303 e. The molecule has 0 amide bonds. The molecule has 0 aliphatic carbocycles. The van der Waals surface area contributed by atoms with Gasteiger partial charge in [0, 0.05) is 6.42 Å². The van der Waals surface area contributed by atoms with Crippen LogP contribution >= 0.6 is 0 Å². The molecular formula is C10H14O2. The number of carbonyl (C=O) groups excluding carboxylic acids is 2. The number of ketones is 1. The van der Waals surface area contributed by atoms with Gasteiger partial charge in [-0.1, -0.05) is 12.2 Å². The molecule has 0 radical (unpaired) electrons. The van der Waals surface area contributed by atoms with Crippen LogP contribution in [-0.2, 0) is 9.59 Å². The Bertz CT molecular complexity index is 182. The predicted molar refractivity (Wildman–Crippen MR) is 48.8 cm³/mol. The van der Waals surface area contributed by atoms with Crippen LogP contribution in [0.3, 0.4) is 0 Å². The molecule has 0 aliphatic heterocycles. The molecule has 0 rings (SSSR count). The SMILES string of the molecule is C=CCCC(=O)C(C=O)CC=C. The highest BCUT2D eigenvalue weighted by Gasteiger charge is 2.14. The van der Waals surface area contributed by atoms with Crippen LogP contribution in [0.1, 0.15) is 19.3 Å². The zero-order valence-corrected chi connectivity index (χ0v) is 7.16. The largest absolute Gasteiger partial charge is 0.303 e. The maximum Gasteiger partial charge on any atom is 0.143 e. The van der Waals surface area contributed by atoms with Crippen LogP contribution in [0, 0.1) is 5.92 Å². The van der Waals surface area contributed by atoms with Gasteiger partial charge >= 0.3 is 0 Å². The van der Waals surface area contributed by atoms with Crippen molar-refractivity contribution in [3.8, 4) is 0 Å². The van der Waals surface area contributed by atoms with Crippen LogP contribution in [-0.4, -0.2) is 12.1 Å². The normalized spacial score (nSPS) is 11.7. The number of rotatable bonds is 7. The van der Waals surface area contributed by atoms with E-state index in [0.717, 1.165) is 0 Å². The summed E-state index contributed by atoms with van der Waals surface area (Å²) in [5, 5.41) is 0. The Hall–Kier alpha value is -1.18. The first-order valence-corrected chi connectivity index (χ1v) is 3.96. The first-order chi connectivity index (χ1) is 5.76. The zero-order chi connectivity index (χ0) is 9.40. The molecule has 0 aromatic rings. The van der Waals surface area contributed by atoms with Crippen LogP contribution in [0.2, 0.25) is 0 Å². The Labute approximate surface area is 73.0 Å². The Morgan fingerprint density at radius 3 is 2.42 bits per heavy atom. The lowest BCUT2D eigenvalue weighted by Gasteiger charge is -2.03. The molecule has 0 aliphatic rings. The average Bonchev–Trinajstić information content (AvgIpc) is 2.10. The molecule has 0 N–H and O–H groups in total. The second-order valence-electron chi connectivity index (χ2n) is 2.56. The topological polar surface area (TPSA) is 34.1 Å². The van der Waals surface area contributed by atoms with Gasteiger partial charge in [0.2, 0.25) is 0 Å². The van der Waals surface area contributed by atoms with E-state index in [1.165, 1.54) is 0 Å². The molecule has 0 saturated carbocycles. The van der Waals surface area contributed by atoms with Crippen molar-refractivity contribution in [2.45, 2.75) is 19.3 Å². The van der Waals surface area contributed by atoms with Gasteiger partial charge in [-0.15, -0.1) is 13.2 Å². The molecule has 2 heteroatoms. The highest BCUT2D eigenvalue weighted by molar-refractivity contribution is 5.93. The first kappa shape index (κ1) is 10.8. The van der Waals surface area contributed by atoms with Crippen molar-refractivity contribution in [2.24, 2.45) is 5.92 Å². The average molecular weight is 166 g/mol. The minimum atomic E-state index is -0.498. The van der Waals surface area contributed by atoms with E-state index in [9.17, 15) is 9.59 Å². The maximum absolute atomic E-state index is 11.2. The summed E-state index contributed by atoms with van der Waals surface area (Å²) in [6.07, 6.45) is 5.44. The molecule has 0 spiro atoms. The van der Waals surface area contributed by atoms with Gasteiger partial charge in [0.15, 0.2) is 0 Å². The first-order valence-electron chi connectivity index (χ1n) is 3.96. The van der Waals surface area contributed by atoms with Gasteiger partial charge in [-0.3, -0.25) is 4.79 Å². The molecule has 12 heavy (non-hydrogen) atoms. The van der Waals surface area contributed by atoms with Crippen LogP contribution in [0.25, 0.3) is 0 Å². The Balaban J connectivity index is 3.92. The summed E-state index contributed by atoms with van der Waals surface area (Å²) < 4.78 is 0. The van der Waals surface area contributed by atoms with Crippen molar-refractivity contribution in [1.82, 2.24) is 0 Å². The molecule has 1 unspecified atom stereocenters. The third-order valence-electron chi connectivity index (χ3n) is 1.59. The zero-order valence-electron chi connectivity index (χ0n) is 7.16. The van der Waals surface area contributed by atoms with Crippen LogP contribution in [0.15, 0.2) is 25.3 Å². The number of hydrogen-bond acceptors (Lipinski definition) is 2. The minimum absolute atomic E-state index is 0.0233. The molecule has 1 atom stereocenters. The highest BCUT2D eigenvalue weighted by Crippen LogP contribution is 2.06. The van der Waals surface area contributed by atoms with E-state index in [4.69, 9.17) is 0 Å². The van der Waals surface area contributed by atoms with Crippen molar-refractivity contribution in [1.29, 1.82) is 0 Å². The van der Waals surface area contributed by atoms with Gasteiger partial charge < -0.3 is 4.79 Å². The van der Waals surface area contributed by atoms with E-state index < -0.39 is 5.92 Å². The van der Waals surface area contributed by atoms with Gasteiger partial charge in [-0.05, 0) is 12.8 Å². The summed E-state index contributed by atoms with van der Waals surface area (Å²) >= 11 is 0. The number of carbonyl (C=O) groups is 2. The van der Waals surface area contributed by atoms with Crippen molar-refractivity contribution >= 4 is 12.1 Å². The summed E-state index contributed by atoms with van der Waals surface area (Å²) in [6, 6.07) is 0. The Kier molecular flexibility index (Phi) is 5.88. The van der Waals surface area contributed by atoms with Gasteiger partial charge in [0.05, 0.1) is 5.92 Å².